The van der Waals surface area contributed by atoms with Crippen LogP contribution in [0.25, 0.3) is 5.73 Å². The summed E-state index contributed by atoms with van der Waals surface area (Å²) in [6.45, 7) is 7.81. The second-order valence-corrected chi connectivity index (χ2v) is 6.16. The number of carbonyl (C=O) groups is 1. The fraction of sp³-hybridized carbons (Fsp3) is 0.824. The van der Waals surface area contributed by atoms with Crippen LogP contribution >= 0.6 is 0 Å². The molecular weight excluding hydrogens is 491 g/mol. The number of methoxy groups -OCH3 is 1. The van der Waals surface area contributed by atoms with Crippen molar-refractivity contribution in [3.05, 3.63) is 17.9 Å². The van der Waals surface area contributed by atoms with E-state index >= 15 is 0 Å². The number of ketones is 1. The minimum Gasteiger partial charge on any atom is -0.671 e. The summed E-state index contributed by atoms with van der Waals surface area (Å²) in [5.74, 6) is 0.432. The Kier molecular flexibility index (Phi) is 10.2. The molecule has 125 valence electrons. The molecule has 1 heterocycles. The molecule has 1 rings (SSSR count). The molecule has 1 N–H and O–H groups in total. The number of hydrogen-bond donors (Lipinski definition) is 0. The van der Waals surface area contributed by atoms with Gasteiger partial charge in [0.2, 0.25) is 0 Å². The fourth-order valence-electron chi connectivity index (χ4n) is 3.86. The van der Waals surface area contributed by atoms with E-state index in [1.807, 2.05) is 20.0 Å². The van der Waals surface area contributed by atoms with Gasteiger partial charge in [-0.25, -0.2) is 0 Å². The molecule has 0 bridgehead atoms. The molecular formula is C17H31AcN2O2-. The molecule has 1 fully saturated rings. The van der Waals surface area contributed by atoms with Crippen molar-refractivity contribution >= 4 is 5.78 Å². The van der Waals surface area contributed by atoms with Gasteiger partial charge in [-0.1, -0.05) is 32.0 Å². The molecule has 4 nitrogen and oxygen atoms in total. The predicted octanol–water partition coefficient (Wildman–Crippen LogP) is 3.47. The average Bonchev–Trinajstić information content (AvgIpc) is 2.78. The summed E-state index contributed by atoms with van der Waals surface area (Å²) in [4.78, 5) is 14.0. The topological polar surface area (TPSA) is 53.3 Å². The molecule has 0 aromatic carbocycles. The summed E-state index contributed by atoms with van der Waals surface area (Å²) in [6.07, 6.45) is 6.62. The van der Waals surface area contributed by atoms with Crippen LogP contribution in [0.4, 0.5) is 0 Å². The molecule has 1 saturated heterocycles. The zero-order chi connectivity index (χ0) is 16.2. The Morgan fingerprint density at radius 2 is 2.00 bits per heavy atom. The van der Waals surface area contributed by atoms with Crippen molar-refractivity contribution in [2.45, 2.75) is 70.7 Å². The van der Waals surface area contributed by atoms with E-state index in [0.717, 1.165) is 19.3 Å². The number of ether oxygens (including phenoxy) is 1. The first-order chi connectivity index (χ1) is 9.88. The first-order valence-electron chi connectivity index (χ1n) is 7.99. The van der Waals surface area contributed by atoms with Gasteiger partial charge in [-0.3, -0.25) is 9.69 Å². The molecule has 1 radical (unpaired) electrons. The maximum atomic E-state index is 11.9. The zero-order valence-corrected chi connectivity index (χ0v) is 19.7. The SMILES string of the molecule is C/C=C\[C@@H]1C[C@H](C(C)=O)N(C)[C@H]1C([NH-])C(CC)(CC)OC.[Ac]. The minimum absolute atomic E-state index is 0. The third-order valence-corrected chi connectivity index (χ3v) is 5.32. The predicted molar refractivity (Wildman–Crippen MR) is 87.4 cm³/mol. The second kappa shape index (κ2) is 9.89. The number of allylic oxidation sites excluding steroid dienone is 1. The van der Waals surface area contributed by atoms with E-state index in [0.29, 0.717) is 0 Å². The number of nitrogens with one attached hydrogen (secondary N) is 1. The smallest absolute Gasteiger partial charge is 0.146 e. The normalized spacial score (nSPS) is 27.9. The molecule has 0 saturated carbocycles. The Morgan fingerprint density at radius 1 is 1.45 bits per heavy atom. The molecule has 0 amide bonds. The molecule has 0 aromatic rings. The Balaban J connectivity index is 0.00000441. The third-order valence-electron chi connectivity index (χ3n) is 5.32. The first kappa shape index (κ1) is 22.7. The Labute approximate surface area is 171 Å². The Morgan fingerprint density at radius 3 is 2.36 bits per heavy atom. The van der Waals surface area contributed by atoms with Crippen LogP contribution in [-0.2, 0) is 9.53 Å². The van der Waals surface area contributed by atoms with Gasteiger partial charge in [-0.15, -0.1) is 0 Å². The first-order valence-corrected chi connectivity index (χ1v) is 7.99. The van der Waals surface area contributed by atoms with E-state index in [-0.39, 0.29) is 73.9 Å². The summed E-state index contributed by atoms with van der Waals surface area (Å²) in [5, 5.41) is 0. The number of likely N-dealkylation sites (tertiary alicyclic amines) is 1. The molecule has 5 heteroatoms. The van der Waals surface area contributed by atoms with E-state index in [1.54, 1.807) is 14.0 Å². The van der Waals surface area contributed by atoms with Crippen molar-refractivity contribution in [2.24, 2.45) is 5.92 Å². The van der Waals surface area contributed by atoms with Gasteiger partial charge >= 0.3 is 0 Å². The van der Waals surface area contributed by atoms with E-state index in [1.165, 1.54) is 0 Å². The average molecular weight is 522 g/mol. The van der Waals surface area contributed by atoms with E-state index in [2.05, 4.69) is 24.8 Å². The van der Waals surface area contributed by atoms with Crippen molar-refractivity contribution in [2.75, 3.05) is 14.2 Å². The van der Waals surface area contributed by atoms with Gasteiger partial charge in [0.25, 0.3) is 0 Å². The zero-order valence-electron chi connectivity index (χ0n) is 14.9. The molecule has 4 atom stereocenters. The van der Waals surface area contributed by atoms with Crippen molar-refractivity contribution in [3.8, 4) is 0 Å². The van der Waals surface area contributed by atoms with Crippen molar-refractivity contribution in [1.29, 1.82) is 0 Å². The molecule has 1 unspecified atom stereocenters. The summed E-state index contributed by atoms with van der Waals surface area (Å²) < 4.78 is 5.76. The molecule has 0 spiro atoms. The molecule has 1 aliphatic rings. The monoisotopic (exact) mass is 522 g/mol. The number of nitrogens with zero attached hydrogens (tertiary/aromatic N) is 1. The van der Waals surface area contributed by atoms with Crippen LogP contribution in [-0.4, -0.2) is 48.6 Å². The standard InChI is InChI=1S/C17H31N2O2.Ac/c1-7-10-13-11-14(12(4)20)19(5)15(13)16(18)17(8-2,9-3)21-6;/h7,10,13-16,18H,8-9,11H2,1-6H3;/q-1;/b10-7-;/t13-,14-,15-,16?;/m1./s1. The molecule has 0 aromatic heterocycles. The Bertz CT molecular complexity index is 375. The number of hydrogen-bond acceptors (Lipinski definition) is 3. The van der Waals surface area contributed by atoms with Crippen molar-refractivity contribution < 1.29 is 53.6 Å². The van der Waals surface area contributed by atoms with Crippen molar-refractivity contribution in [3.63, 3.8) is 0 Å². The van der Waals surface area contributed by atoms with E-state index in [9.17, 15) is 4.79 Å². The van der Waals surface area contributed by atoms with Crippen LogP contribution in [0.3, 0.4) is 0 Å². The largest absolute Gasteiger partial charge is 0.671 e. The number of likely N-dealkylation sites (N-methyl/N-ethyl adjacent to an activating group) is 1. The second-order valence-electron chi connectivity index (χ2n) is 6.16. The van der Waals surface area contributed by atoms with Gasteiger partial charge in [0.05, 0.1) is 11.6 Å². The van der Waals surface area contributed by atoms with Crippen LogP contribution in [0.2, 0.25) is 0 Å². The number of Topliss-reactive ketones (excluding diaryl/α,β-unsaturated/α-hetero) is 1. The van der Waals surface area contributed by atoms with Crippen LogP contribution in [0.1, 0.15) is 47.0 Å². The summed E-state index contributed by atoms with van der Waals surface area (Å²) in [5.41, 5.74) is 8.39. The minimum atomic E-state index is -0.440. The van der Waals surface area contributed by atoms with E-state index < -0.39 is 5.60 Å². The van der Waals surface area contributed by atoms with E-state index in [4.69, 9.17) is 10.5 Å². The number of carbonyl (C=O) groups excluding carboxylic acids is 1. The fourth-order valence-corrected chi connectivity index (χ4v) is 3.86. The van der Waals surface area contributed by atoms with Crippen LogP contribution in [0.5, 0.6) is 0 Å². The quantitative estimate of drug-likeness (QED) is 0.482. The third kappa shape index (κ3) is 4.42. The van der Waals surface area contributed by atoms with Gasteiger partial charge in [0.15, 0.2) is 0 Å². The Hall–Kier alpha value is 0.732. The molecule has 1 aliphatic heterocycles. The summed E-state index contributed by atoms with van der Waals surface area (Å²) >= 11 is 0. The molecule has 0 aliphatic carbocycles. The van der Waals surface area contributed by atoms with Crippen LogP contribution in [0.15, 0.2) is 12.2 Å². The van der Waals surface area contributed by atoms with Gasteiger partial charge in [-0.2, -0.15) is 0 Å². The molecule has 22 heavy (non-hydrogen) atoms. The van der Waals surface area contributed by atoms with Gasteiger partial charge in [-0.05, 0) is 46.1 Å². The van der Waals surface area contributed by atoms with Crippen LogP contribution < -0.4 is 0 Å². The van der Waals surface area contributed by atoms with Crippen LogP contribution in [0, 0.1) is 50.0 Å². The van der Waals surface area contributed by atoms with Gasteiger partial charge in [0, 0.05) is 57.2 Å². The van der Waals surface area contributed by atoms with Crippen molar-refractivity contribution in [1.82, 2.24) is 4.90 Å². The number of rotatable bonds is 7. The van der Waals surface area contributed by atoms with Gasteiger partial charge in [0.1, 0.15) is 5.78 Å². The summed E-state index contributed by atoms with van der Waals surface area (Å²) in [7, 11) is 3.68. The summed E-state index contributed by atoms with van der Waals surface area (Å²) in [6, 6.07) is -0.421. The maximum absolute atomic E-state index is 11.9. The maximum Gasteiger partial charge on any atom is 0.146 e. The van der Waals surface area contributed by atoms with Gasteiger partial charge < -0.3 is 10.5 Å².